The van der Waals surface area contributed by atoms with Gasteiger partial charge in [0.1, 0.15) is 11.3 Å². The van der Waals surface area contributed by atoms with E-state index in [2.05, 4.69) is 20.7 Å². The van der Waals surface area contributed by atoms with Crippen molar-refractivity contribution in [3.63, 3.8) is 0 Å². The second-order valence-electron chi connectivity index (χ2n) is 6.12. The number of carbonyl (C=O) groups excluding carboxylic acids is 2. The molecule has 6 nitrogen and oxygen atoms in total. The fourth-order valence-corrected chi connectivity index (χ4v) is 3.02. The monoisotopic (exact) mass is 444 g/mol. The molecule has 0 amide bonds. The highest BCUT2D eigenvalue weighted by molar-refractivity contribution is 9.10. The average molecular weight is 445 g/mol. The smallest absolute Gasteiger partial charge is 0.340 e. The number of ketones is 1. The summed E-state index contributed by atoms with van der Waals surface area (Å²) in [6.07, 6.45) is -0.152. The van der Waals surface area contributed by atoms with Gasteiger partial charge in [-0.2, -0.15) is 0 Å². The van der Waals surface area contributed by atoms with E-state index >= 15 is 0 Å². The maximum Gasteiger partial charge on any atom is 0.340 e. The Kier molecular flexibility index (Phi) is 5.94. The van der Waals surface area contributed by atoms with Gasteiger partial charge < -0.3 is 13.9 Å². The van der Waals surface area contributed by atoms with Crippen LogP contribution in [0.15, 0.2) is 56.1 Å². The van der Waals surface area contributed by atoms with E-state index in [4.69, 9.17) is 9.15 Å². The highest BCUT2D eigenvalue weighted by Gasteiger charge is 2.16. The molecule has 0 aliphatic carbocycles. The largest absolute Gasteiger partial charge is 0.485 e. The van der Waals surface area contributed by atoms with Crippen molar-refractivity contribution in [1.82, 2.24) is 0 Å². The van der Waals surface area contributed by atoms with Gasteiger partial charge in [0, 0.05) is 21.5 Å². The molecule has 0 aliphatic rings. The number of esters is 1. The third-order valence-electron chi connectivity index (χ3n) is 4.34. The number of rotatable bonds is 6. The zero-order valence-corrected chi connectivity index (χ0v) is 16.9. The molecule has 0 unspecified atom stereocenters. The van der Waals surface area contributed by atoms with Gasteiger partial charge in [0.25, 0.3) is 0 Å². The first-order chi connectivity index (χ1) is 13.4. The lowest BCUT2D eigenvalue weighted by Crippen LogP contribution is -2.16. The minimum absolute atomic E-state index is 0.142. The van der Waals surface area contributed by atoms with E-state index < -0.39 is 11.6 Å². The molecular formula is C21H17BrO6. The number of hydrogen-bond acceptors (Lipinski definition) is 6. The number of ether oxygens (including phenoxy) is 2. The van der Waals surface area contributed by atoms with Gasteiger partial charge in [-0.25, -0.2) is 4.79 Å². The first-order valence-electron chi connectivity index (χ1n) is 8.43. The Labute approximate surface area is 169 Å². The summed E-state index contributed by atoms with van der Waals surface area (Å²) in [5.41, 5.74) is 1.18. The van der Waals surface area contributed by atoms with Crippen LogP contribution in [0.3, 0.4) is 0 Å². The summed E-state index contributed by atoms with van der Waals surface area (Å²) in [5.74, 6) is -0.277. The topological polar surface area (TPSA) is 82.8 Å². The van der Waals surface area contributed by atoms with Crippen molar-refractivity contribution in [2.45, 2.75) is 13.3 Å². The predicted octanol–water partition coefficient (Wildman–Crippen LogP) is 3.84. The molecule has 0 bridgehead atoms. The summed E-state index contributed by atoms with van der Waals surface area (Å²) in [6, 6.07) is 12.0. The van der Waals surface area contributed by atoms with E-state index in [0.29, 0.717) is 27.8 Å². The van der Waals surface area contributed by atoms with Crippen LogP contribution >= 0.6 is 15.9 Å². The zero-order valence-electron chi connectivity index (χ0n) is 15.3. The van der Waals surface area contributed by atoms with Crippen LogP contribution in [0.25, 0.3) is 11.0 Å². The van der Waals surface area contributed by atoms with Gasteiger partial charge in [0.15, 0.2) is 12.4 Å². The first-order valence-corrected chi connectivity index (χ1v) is 9.23. The van der Waals surface area contributed by atoms with Gasteiger partial charge in [-0.05, 0) is 36.8 Å². The number of aryl methyl sites for hydroxylation is 1. The van der Waals surface area contributed by atoms with Crippen molar-refractivity contribution in [3.05, 3.63) is 74.0 Å². The second-order valence-corrected chi connectivity index (χ2v) is 7.04. The molecule has 0 atom stereocenters. The van der Waals surface area contributed by atoms with Gasteiger partial charge in [-0.3, -0.25) is 9.59 Å². The molecule has 0 fully saturated rings. The van der Waals surface area contributed by atoms with E-state index in [1.807, 2.05) is 0 Å². The van der Waals surface area contributed by atoms with Crippen LogP contribution in [0.5, 0.6) is 5.75 Å². The molecule has 0 spiro atoms. The van der Waals surface area contributed by atoms with Crippen LogP contribution < -0.4 is 10.4 Å². The Balaban J connectivity index is 1.81. The molecule has 7 heteroatoms. The molecular weight excluding hydrogens is 428 g/mol. The van der Waals surface area contributed by atoms with Gasteiger partial charge in [0.05, 0.1) is 19.1 Å². The lowest BCUT2D eigenvalue weighted by Gasteiger charge is -2.09. The number of benzene rings is 2. The first kappa shape index (κ1) is 19.8. The lowest BCUT2D eigenvalue weighted by molar-refractivity contribution is -0.139. The Hall–Kier alpha value is -2.93. The third-order valence-corrected chi connectivity index (χ3v) is 4.87. The predicted molar refractivity (Wildman–Crippen MR) is 107 cm³/mol. The number of fused-ring (bicyclic) bond motifs is 1. The molecule has 3 aromatic rings. The minimum Gasteiger partial charge on any atom is -0.485 e. The van der Waals surface area contributed by atoms with Crippen LogP contribution in [-0.4, -0.2) is 25.5 Å². The Morgan fingerprint density at radius 2 is 1.82 bits per heavy atom. The fraction of sp³-hybridized carbons (Fsp3) is 0.190. The van der Waals surface area contributed by atoms with E-state index in [-0.39, 0.29) is 24.4 Å². The Bertz CT molecular complexity index is 1100. The molecule has 3 rings (SSSR count). The summed E-state index contributed by atoms with van der Waals surface area (Å²) >= 11 is 3.32. The van der Waals surface area contributed by atoms with Crippen LogP contribution in [-0.2, 0) is 16.0 Å². The molecule has 0 saturated heterocycles. The standard InChI is InChI=1S/C21H17BrO6/c1-12-16-8-7-15(27-11-18(23)13-3-5-14(22)6-4-13)9-19(16)28-21(25)17(12)10-20(24)26-2/h3-9H,10-11H2,1-2H3. The third kappa shape index (κ3) is 4.31. The lowest BCUT2D eigenvalue weighted by atomic mass is 10.0. The average Bonchev–Trinajstić information content (AvgIpc) is 2.69. The normalized spacial score (nSPS) is 10.7. The van der Waals surface area contributed by atoms with Crippen molar-refractivity contribution < 1.29 is 23.5 Å². The molecule has 2 aromatic carbocycles. The minimum atomic E-state index is -0.599. The van der Waals surface area contributed by atoms with Crippen molar-refractivity contribution in [3.8, 4) is 5.75 Å². The van der Waals surface area contributed by atoms with E-state index in [0.717, 1.165) is 4.47 Å². The maximum absolute atomic E-state index is 12.2. The Morgan fingerprint density at radius 3 is 2.50 bits per heavy atom. The van der Waals surface area contributed by atoms with E-state index in [9.17, 15) is 14.4 Å². The highest BCUT2D eigenvalue weighted by atomic mass is 79.9. The van der Waals surface area contributed by atoms with Crippen LogP contribution in [0.4, 0.5) is 0 Å². The van der Waals surface area contributed by atoms with E-state index in [1.54, 1.807) is 49.4 Å². The second kappa shape index (κ2) is 8.39. The van der Waals surface area contributed by atoms with Crippen molar-refractivity contribution >= 4 is 38.7 Å². The molecule has 0 saturated carbocycles. The number of methoxy groups -OCH3 is 1. The van der Waals surface area contributed by atoms with Crippen molar-refractivity contribution in [1.29, 1.82) is 0 Å². The van der Waals surface area contributed by atoms with Crippen molar-refractivity contribution in [2.24, 2.45) is 0 Å². The fourth-order valence-electron chi connectivity index (χ4n) is 2.75. The van der Waals surface area contributed by atoms with Gasteiger partial charge in [0.2, 0.25) is 0 Å². The number of halogens is 1. The Morgan fingerprint density at radius 1 is 1.11 bits per heavy atom. The molecule has 144 valence electrons. The molecule has 1 aromatic heterocycles. The summed E-state index contributed by atoms with van der Waals surface area (Å²) in [5, 5.41) is 0.685. The molecule has 0 aliphatic heterocycles. The van der Waals surface area contributed by atoms with Crippen LogP contribution in [0.2, 0.25) is 0 Å². The van der Waals surface area contributed by atoms with Gasteiger partial charge in [-0.1, -0.05) is 28.1 Å². The summed E-state index contributed by atoms with van der Waals surface area (Å²) in [6.45, 7) is 1.60. The van der Waals surface area contributed by atoms with Gasteiger partial charge in [-0.15, -0.1) is 0 Å². The van der Waals surface area contributed by atoms with Gasteiger partial charge >= 0.3 is 11.6 Å². The number of hydrogen-bond donors (Lipinski definition) is 0. The molecule has 0 N–H and O–H groups in total. The highest BCUT2D eigenvalue weighted by Crippen LogP contribution is 2.24. The van der Waals surface area contributed by atoms with Crippen LogP contribution in [0.1, 0.15) is 21.5 Å². The number of Topliss-reactive ketones (excluding diaryl/α,β-unsaturated/α-hetero) is 1. The summed E-state index contributed by atoms with van der Waals surface area (Å²) in [4.78, 5) is 35.9. The molecule has 1 heterocycles. The number of carbonyl (C=O) groups is 2. The quantitative estimate of drug-likeness (QED) is 0.326. The summed E-state index contributed by atoms with van der Waals surface area (Å²) in [7, 11) is 1.26. The SMILES string of the molecule is COC(=O)Cc1c(C)c2ccc(OCC(=O)c3ccc(Br)cc3)cc2oc1=O. The van der Waals surface area contributed by atoms with Crippen LogP contribution in [0, 0.1) is 6.92 Å². The van der Waals surface area contributed by atoms with E-state index in [1.165, 1.54) is 7.11 Å². The molecule has 0 radical (unpaired) electrons. The maximum atomic E-state index is 12.2. The molecule has 28 heavy (non-hydrogen) atoms. The zero-order chi connectivity index (χ0) is 20.3. The van der Waals surface area contributed by atoms with Crippen molar-refractivity contribution in [2.75, 3.05) is 13.7 Å². The summed E-state index contributed by atoms with van der Waals surface area (Å²) < 4.78 is 16.4.